The van der Waals surface area contributed by atoms with Gasteiger partial charge in [-0.15, -0.1) is 0 Å². The lowest BCUT2D eigenvalue weighted by Gasteiger charge is -2.07. The third-order valence-electron chi connectivity index (χ3n) is 1.52. The maximum absolute atomic E-state index is 12.1. The van der Waals surface area contributed by atoms with Gasteiger partial charge in [-0.25, -0.2) is 0 Å². The number of halogens is 3. The van der Waals surface area contributed by atoms with E-state index >= 15 is 0 Å². The standard InChI is InChI=1S/C8H5F3N2O/c9-8(10,11)6-1-5(3-13-4-6)7(14)2-12/h1,3-4,7,14H. The van der Waals surface area contributed by atoms with E-state index < -0.39 is 17.8 Å². The summed E-state index contributed by atoms with van der Waals surface area (Å²) in [5, 5.41) is 17.2. The van der Waals surface area contributed by atoms with Crippen molar-refractivity contribution in [1.29, 1.82) is 5.26 Å². The number of alkyl halides is 3. The van der Waals surface area contributed by atoms with Crippen molar-refractivity contribution >= 4 is 0 Å². The average molecular weight is 202 g/mol. The summed E-state index contributed by atoms with van der Waals surface area (Å²) in [5.74, 6) is 0. The number of nitriles is 1. The minimum atomic E-state index is -4.52. The Hall–Kier alpha value is -1.61. The van der Waals surface area contributed by atoms with E-state index in [0.29, 0.717) is 12.3 Å². The number of hydrogen-bond acceptors (Lipinski definition) is 3. The minimum absolute atomic E-state index is 0.165. The topological polar surface area (TPSA) is 56.9 Å². The molecule has 0 saturated heterocycles. The Morgan fingerprint density at radius 1 is 1.43 bits per heavy atom. The normalized spacial score (nSPS) is 13.4. The van der Waals surface area contributed by atoms with Crippen molar-refractivity contribution < 1.29 is 18.3 Å². The minimum Gasteiger partial charge on any atom is -0.374 e. The van der Waals surface area contributed by atoms with Crippen LogP contribution in [0.5, 0.6) is 0 Å². The first kappa shape index (κ1) is 10.5. The molecule has 0 aliphatic heterocycles. The molecule has 0 aliphatic rings. The molecule has 0 aromatic carbocycles. The predicted octanol–water partition coefficient (Wildman–Crippen LogP) is 1.66. The van der Waals surface area contributed by atoms with Gasteiger partial charge in [0, 0.05) is 18.0 Å². The molecule has 0 radical (unpaired) electrons. The molecule has 0 spiro atoms. The highest BCUT2D eigenvalue weighted by molar-refractivity contribution is 5.25. The second-order valence-electron chi connectivity index (χ2n) is 2.54. The summed E-state index contributed by atoms with van der Waals surface area (Å²) in [6.45, 7) is 0. The van der Waals surface area contributed by atoms with Crippen molar-refractivity contribution in [2.24, 2.45) is 0 Å². The van der Waals surface area contributed by atoms with Crippen molar-refractivity contribution in [1.82, 2.24) is 4.98 Å². The van der Waals surface area contributed by atoms with Crippen LogP contribution in [-0.4, -0.2) is 10.1 Å². The molecule has 1 N–H and O–H groups in total. The van der Waals surface area contributed by atoms with Crippen LogP contribution < -0.4 is 0 Å². The van der Waals surface area contributed by atoms with Gasteiger partial charge in [0.2, 0.25) is 0 Å². The van der Waals surface area contributed by atoms with Crippen LogP contribution in [0.15, 0.2) is 18.5 Å². The van der Waals surface area contributed by atoms with Gasteiger partial charge in [-0.05, 0) is 6.07 Å². The Kier molecular flexibility index (Phi) is 2.72. The summed E-state index contributed by atoms with van der Waals surface area (Å²) in [6.07, 6.45) is -4.45. The van der Waals surface area contributed by atoms with Crippen molar-refractivity contribution in [2.75, 3.05) is 0 Å². The smallest absolute Gasteiger partial charge is 0.374 e. The van der Waals surface area contributed by atoms with Crippen molar-refractivity contribution in [2.45, 2.75) is 12.3 Å². The molecular weight excluding hydrogens is 197 g/mol. The largest absolute Gasteiger partial charge is 0.417 e. The molecule has 1 aromatic heterocycles. The maximum Gasteiger partial charge on any atom is 0.417 e. The fraction of sp³-hybridized carbons (Fsp3) is 0.250. The molecule has 14 heavy (non-hydrogen) atoms. The van der Waals surface area contributed by atoms with Gasteiger partial charge in [0.15, 0.2) is 6.10 Å². The SMILES string of the molecule is N#CC(O)c1cncc(C(F)(F)F)c1. The van der Waals surface area contributed by atoms with E-state index in [1.54, 1.807) is 0 Å². The lowest BCUT2D eigenvalue weighted by molar-refractivity contribution is -0.137. The number of aliphatic hydroxyl groups is 1. The number of aromatic nitrogens is 1. The molecule has 0 bridgehead atoms. The Bertz CT molecular complexity index is 370. The van der Waals surface area contributed by atoms with E-state index in [1.165, 1.54) is 6.07 Å². The number of aliphatic hydroxyl groups excluding tert-OH is 1. The highest BCUT2D eigenvalue weighted by Crippen LogP contribution is 2.29. The van der Waals surface area contributed by atoms with Gasteiger partial charge < -0.3 is 5.11 Å². The third kappa shape index (κ3) is 2.20. The molecule has 74 valence electrons. The van der Waals surface area contributed by atoms with Gasteiger partial charge in [-0.2, -0.15) is 18.4 Å². The van der Waals surface area contributed by atoms with E-state index in [0.717, 1.165) is 6.20 Å². The maximum atomic E-state index is 12.1. The van der Waals surface area contributed by atoms with Gasteiger partial charge in [0.25, 0.3) is 0 Å². The third-order valence-corrected chi connectivity index (χ3v) is 1.52. The molecule has 6 heteroatoms. The summed E-state index contributed by atoms with van der Waals surface area (Å²) in [4.78, 5) is 3.29. The number of pyridine rings is 1. The van der Waals surface area contributed by atoms with Crippen LogP contribution in [0.4, 0.5) is 13.2 Å². The van der Waals surface area contributed by atoms with E-state index in [9.17, 15) is 13.2 Å². The quantitative estimate of drug-likeness (QED) is 0.704. The molecule has 0 aliphatic carbocycles. The van der Waals surface area contributed by atoms with Crippen LogP contribution in [0.2, 0.25) is 0 Å². The van der Waals surface area contributed by atoms with Gasteiger partial charge in [0.1, 0.15) is 0 Å². The molecule has 0 amide bonds. The zero-order chi connectivity index (χ0) is 10.8. The summed E-state index contributed by atoms with van der Waals surface area (Å²) in [5.41, 5.74) is -1.15. The first-order valence-electron chi connectivity index (χ1n) is 3.55. The fourth-order valence-corrected chi connectivity index (χ4v) is 0.837. The van der Waals surface area contributed by atoms with Gasteiger partial charge in [-0.3, -0.25) is 4.98 Å². The monoisotopic (exact) mass is 202 g/mol. The first-order valence-corrected chi connectivity index (χ1v) is 3.55. The number of rotatable bonds is 1. The average Bonchev–Trinajstić information content (AvgIpc) is 2.15. The molecule has 0 fully saturated rings. The molecule has 1 heterocycles. The van der Waals surface area contributed by atoms with Crippen LogP contribution in [0.25, 0.3) is 0 Å². The van der Waals surface area contributed by atoms with Crippen molar-refractivity contribution in [3.63, 3.8) is 0 Å². The van der Waals surface area contributed by atoms with Crippen molar-refractivity contribution in [3.05, 3.63) is 29.6 Å². The summed E-state index contributed by atoms with van der Waals surface area (Å²) in [7, 11) is 0. The Balaban J connectivity index is 3.09. The second-order valence-corrected chi connectivity index (χ2v) is 2.54. The van der Waals surface area contributed by atoms with Crippen LogP contribution >= 0.6 is 0 Å². The predicted molar refractivity (Wildman–Crippen MR) is 39.8 cm³/mol. The first-order chi connectivity index (χ1) is 6.45. The summed E-state index contributed by atoms with van der Waals surface area (Å²) >= 11 is 0. The molecule has 1 rings (SSSR count). The van der Waals surface area contributed by atoms with Crippen molar-refractivity contribution in [3.8, 4) is 6.07 Å². The van der Waals surface area contributed by atoms with E-state index in [1.807, 2.05) is 0 Å². The molecule has 0 saturated carbocycles. The number of nitrogens with zero attached hydrogens (tertiary/aromatic N) is 2. The summed E-state index contributed by atoms with van der Waals surface area (Å²) in [6, 6.07) is 2.10. The van der Waals surface area contributed by atoms with Crippen LogP contribution in [-0.2, 0) is 6.18 Å². The lowest BCUT2D eigenvalue weighted by atomic mass is 10.1. The summed E-state index contributed by atoms with van der Waals surface area (Å²) < 4.78 is 36.4. The fourth-order valence-electron chi connectivity index (χ4n) is 0.837. The van der Waals surface area contributed by atoms with E-state index in [2.05, 4.69) is 4.98 Å². The zero-order valence-electron chi connectivity index (χ0n) is 6.78. The van der Waals surface area contributed by atoms with Gasteiger partial charge in [0.05, 0.1) is 11.6 Å². The second kappa shape index (κ2) is 3.64. The van der Waals surface area contributed by atoms with E-state index in [-0.39, 0.29) is 5.56 Å². The molecule has 1 aromatic rings. The highest BCUT2D eigenvalue weighted by atomic mass is 19.4. The molecule has 3 nitrogen and oxygen atoms in total. The van der Waals surface area contributed by atoms with Crippen LogP contribution in [0, 0.1) is 11.3 Å². The van der Waals surface area contributed by atoms with Gasteiger partial charge >= 0.3 is 6.18 Å². The Morgan fingerprint density at radius 3 is 2.57 bits per heavy atom. The lowest BCUT2D eigenvalue weighted by Crippen LogP contribution is -2.07. The van der Waals surface area contributed by atoms with Gasteiger partial charge in [-0.1, -0.05) is 0 Å². The molecule has 1 unspecified atom stereocenters. The van der Waals surface area contributed by atoms with Crippen LogP contribution in [0.3, 0.4) is 0 Å². The molecule has 1 atom stereocenters. The zero-order valence-corrected chi connectivity index (χ0v) is 6.78. The Labute approximate surface area is 77.4 Å². The highest BCUT2D eigenvalue weighted by Gasteiger charge is 2.31. The number of hydrogen-bond donors (Lipinski definition) is 1. The van der Waals surface area contributed by atoms with E-state index in [4.69, 9.17) is 10.4 Å². The Morgan fingerprint density at radius 2 is 2.07 bits per heavy atom. The molecular formula is C8H5F3N2O. The van der Waals surface area contributed by atoms with Crippen LogP contribution in [0.1, 0.15) is 17.2 Å².